The number of rotatable bonds is 3. The summed E-state index contributed by atoms with van der Waals surface area (Å²) in [4.78, 5) is 26.5. The molecule has 4 nitrogen and oxygen atoms in total. The molecule has 0 bridgehead atoms. The Kier molecular flexibility index (Phi) is 5.84. The number of likely N-dealkylation sites (tertiary alicyclic amines) is 1. The first-order valence-corrected chi connectivity index (χ1v) is 8.89. The van der Waals surface area contributed by atoms with Gasteiger partial charge >= 0.3 is 0 Å². The highest BCUT2D eigenvalue weighted by Gasteiger charge is 2.26. The van der Waals surface area contributed by atoms with Crippen LogP contribution in [0, 0.1) is 5.41 Å². The quantitative estimate of drug-likeness (QED) is 0.870. The van der Waals surface area contributed by atoms with Crippen molar-refractivity contribution in [3.8, 4) is 0 Å². The SMILES string of the molecule is CC(C)(C)CC(=O)N1CCC(NC(=O)c2ccccc2Br)CC1. The predicted molar refractivity (Wildman–Crippen MR) is 95.3 cm³/mol. The van der Waals surface area contributed by atoms with Gasteiger partial charge in [0.05, 0.1) is 5.56 Å². The molecule has 0 spiro atoms. The van der Waals surface area contributed by atoms with Crippen molar-refractivity contribution in [3.63, 3.8) is 0 Å². The average Bonchev–Trinajstić information content (AvgIpc) is 2.46. The van der Waals surface area contributed by atoms with Crippen molar-refractivity contribution in [2.75, 3.05) is 13.1 Å². The highest BCUT2D eigenvalue weighted by Crippen LogP contribution is 2.22. The number of hydrogen-bond acceptors (Lipinski definition) is 2. The van der Waals surface area contributed by atoms with E-state index in [-0.39, 0.29) is 23.3 Å². The van der Waals surface area contributed by atoms with Crippen molar-refractivity contribution in [2.45, 2.75) is 46.1 Å². The summed E-state index contributed by atoms with van der Waals surface area (Å²) in [7, 11) is 0. The number of nitrogens with zero attached hydrogens (tertiary/aromatic N) is 1. The van der Waals surface area contributed by atoms with E-state index in [0.717, 1.165) is 30.4 Å². The van der Waals surface area contributed by atoms with E-state index in [1.165, 1.54) is 0 Å². The number of hydrogen-bond donors (Lipinski definition) is 1. The van der Waals surface area contributed by atoms with E-state index in [9.17, 15) is 9.59 Å². The Morgan fingerprint density at radius 3 is 2.39 bits per heavy atom. The van der Waals surface area contributed by atoms with Crippen LogP contribution in [0.2, 0.25) is 0 Å². The molecule has 126 valence electrons. The fourth-order valence-corrected chi connectivity index (χ4v) is 3.21. The largest absolute Gasteiger partial charge is 0.349 e. The topological polar surface area (TPSA) is 49.4 Å². The van der Waals surface area contributed by atoms with E-state index >= 15 is 0 Å². The first kappa shape index (κ1) is 18.0. The minimum atomic E-state index is -0.0584. The maximum Gasteiger partial charge on any atom is 0.252 e. The number of amides is 2. The zero-order chi connectivity index (χ0) is 17.0. The molecule has 1 heterocycles. The Labute approximate surface area is 146 Å². The fraction of sp³-hybridized carbons (Fsp3) is 0.556. The molecule has 0 unspecified atom stereocenters. The molecule has 0 atom stereocenters. The lowest BCUT2D eigenvalue weighted by molar-refractivity contribution is -0.134. The van der Waals surface area contributed by atoms with Crippen LogP contribution in [0.25, 0.3) is 0 Å². The Bertz CT molecular complexity index is 573. The average molecular weight is 381 g/mol. The molecule has 0 radical (unpaired) electrons. The molecule has 0 saturated carbocycles. The molecule has 0 aliphatic carbocycles. The molecule has 2 rings (SSSR count). The van der Waals surface area contributed by atoms with Crippen molar-refractivity contribution in [1.82, 2.24) is 10.2 Å². The molecular formula is C18H25BrN2O2. The smallest absolute Gasteiger partial charge is 0.252 e. The van der Waals surface area contributed by atoms with Gasteiger partial charge in [0.2, 0.25) is 5.91 Å². The van der Waals surface area contributed by atoms with Crippen LogP contribution in [0.4, 0.5) is 0 Å². The van der Waals surface area contributed by atoms with Crippen LogP contribution in [0.5, 0.6) is 0 Å². The first-order valence-electron chi connectivity index (χ1n) is 8.09. The number of nitrogens with one attached hydrogen (secondary N) is 1. The molecule has 5 heteroatoms. The molecular weight excluding hydrogens is 356 g/mol. The van der Waals surface area contributed by atoms with E-state index in [1.54, 1.807) is 6.07 Å². The van der Waals surface area contributed by atoms with Crippen LogP contribution < -0.4 is 5.32 Å². The van der Waals surface area contributed by atoms with Crippen LogP contribution in [0.3, 0.4) is 0 Å². The molecule has 1 aliphatic heterocycles. The Morgan fingerprint density at radius 2 is 1.83 bits per heavy atom. The van der Waals surface area contributed by atoms with Gasteiger partial charge < -0.3 is 10.2 Å². The lowest BCUT2D eigenvalue weighted by Gasteiger charge is -2.34. The van der Waals surface area contributed by atoms with Gasteiger partial charge in [-0.15, -0.1) is 0 Å². The van der Waals surface area contributed by atoms with Crippen LogP contribution in [0.1, 0.15) is 50.4 Å². The summed E-state index contributed by atoms with van der Waals surface area (Å²) < 4.78 is 0.801. The molecule has 1 aromatic rings. The minimum absolute atomic E-state index is 0.0156. The minimum Gasteiger partial charge on any atom is -0.349 e. The number of carbonyl (C=O) groups excluding carboxylic acids is 2. The summed E-state index contributed by atoms with van der Waals surface area (Å²) in [5.41, 5.74) is 0.667. The fourth-order valence-electron chi connectivity index (χ4n) is 2.75. The third kappa shape index (κ3) is 5.34. The Morgan fingerprint density at radius 1 is 1.22 bits per heavy atom. The molecule has 1 N–H and O–H groups in total. The monoisotopic (exact) mass is 380 g/mol. The first-order chi connectivity index (χ1) is 10.8. The van der Waals surface area contributed by atoms with Gasteiger partial charge in [-0.25, -0.2) is 0 Å². The van der Waals surface area contributed by atoms with Gasteiger partial charge in [0.25, 0.3) is 5.91 Å². The highest BCUT2D eigenvalue weighted by molar-refractivity contribution is 9.10. The summed E-state index contributed by atoms with van der Waals surface area (Å²) >= 11 is 3.40. The van der Waals surface area contributed by atoms with Crippen molar-refractivity contribution < 1.29 is 9.59 Å². The van der Waals surface area contributed by atoms with Crippen LogP contribution in [0.15, 0.2) is 28.7 Å². The van der Waals surface area contributed by atoms with Gasteiger partial charge in [0.1, 0.15) is 0 Å². The summed E-state index contributed by atoms with van der Waals surface area (Å²) in [5.74, 6) is 0.157. The third-order valence-corrected chi connectivity index (χ3v) is 4.67. The van der Waals surface area contributed by atoms with Crippen LogP contribution in [-0.4, -0.2) is 35.8 Å². The van der Waals surface area contributed by atoms with Crippen molar-refractivity contribution >= 4 is 27.7 Å². The highest BCUT2D eigenvalue weighted by atomic mass is 79.9. The van der Waals surface area contributed by atoms with Gasteiger partial charge in [-0.1, -0.05) is 32.9 Å². The maximum absolute atomic E-state index is 12.3. The molecule has 1 saturated heterocycles. The van der Waals surface area contributed by atoms with Gasteiger partial charge in [0, 0.05) is 30.0 Å². The number of carbonyl (C=O) groups is 2. The standard InChI is InChI=1S/C18H25BrN2O2/c1-18(2,3)12-16(22)21-10-8-13(9-11-21)20-17(23)14-6-4-5-7-15(14)19/h4-7,13H,8-12H2,1-3H3,(H,20,23). The molecule has 2 amide bonds. The van der Waals surface area contributed by atoms with Crippen LogP contribution in [-0.2, 0) is 4.79 Å². The van der Waals surface area contributed by atoms with E-state index in [0.29, 0.717) is 12.0 Å². The van der Waals surface area contributed by atoms with E-state index < -0.39 is 0 Å². The molecule has 1 aromatic carbocycles. The van der Waals surface area contributed by atoms with Crippen LogP contribution >= 0.6 is 15.9 Å². The number of benzene rings is 1. The zero-order valence-corrected chi connectivity index (χ0v) is 15.6. The van der Waals surface area contributed by atoms with Gasteiger partial charge in [-0.05, 0) is 46.3 Å². The Balaban J connectivity index is 1.84. The molecule has 1 fully saturated rings. The maximum atomic E-state index is 12.3. The lowest BCUT2D eigenvalue weighted by atomic mass is 9.91. The predicted octanol–water partition coefficient (Wildman–Crippen LogP) is 3.61. The summed E-state index contributed by atoms with van der Waals surface area (Å²) in [6.07, 6.45) is 2.19. The third-order valence-electron chi connectivity index (χ3n) is 3.98. The second kappa shape index (κ2) is 7.47. The molecule has 1 aliphatic rings. The van der Waals surface area contributed by atoms with Crippen molar-refractivity contribution in [2.24, 2.45) is 5.41 Å². The summed E-state index contributed by atoms with van der Waals surface area (Å²) in [5, 5.41) is 3.08. The van der Waals surface area contributed by atoms with E-state index in [1.807, 2.05) is 23.1 Å². The Hall–Kier alpha value is -1.36. The summed E-state index contributed by atoms with van der Waals surface area (Å²) in [6.45, 7) is 7.67. The van der Waals surface area contributed by atoms with E-state index in [2.05, 4.69) is 42.0 Å². The lowest BCUT2D eigenvalue weighted by Crippen LogP contribution is -2.47. The molecule has 0 aromatic heterocycles. The van der Waals surface area contributed by atoms with E-state index in [4.69, 9.17) is 0 Å². The zero-order valence-electron chi connectivity index (χ0n) is 14.1. The summed E-state index contributed by atoms with van der Waals surface area (Å²) in [6, 6.07) is 7.55. The van der Waals surface area contributed by atoms with Gasteiger partial charge in [-0.2, -0.15) is 0 Å². The normalized spacial score (nSPS) is 16.3. The second-order valence-corrected chi connectivity index (χ2v) is 8.20. The molecule has 23 heavy (non-hydrogen) atoms. The second-order valence-electron chi connectivity index (χ2n) is 7.35. The number of halogens is 1. The van der Waals surface area contributed by atoms with Crippen molar-refractivity contribution in [3.05, 3.63) is 34.3 Å². The van der Waals surface area contributed by atoms with Gasteiger partial charge in [-0.3, -0.25) is 9.59 Å². The van der Waals surface area contributed by atoms with Gasteiger partial charge in [0.15, 0.2) is 0 Å². The van der Waals surface area contributed by atoms with Crippen molar-refractivity contribution in [1.29, 1.82) is 0 Å². The number of piperidine rings is 1.